The summed E-state index contributed by atoms with van der Waals surface area (Å²) in [5.41, 5.74) is 2.67. The van der Waals surface area contributed by atoms with Gasteiger partial charge in [0, 0.05) is 16.6 Å². The van der Waals surface area contributed by atoms with Gasteiger partial charge in [-0.15, -0.1) is 0 Å². The lowest BCUT2D eigenvalue weighted by Crippen LogP contribution is -2.00. The molecule has 9 heteroatoms. The minimum atomic E-state index is -0.432. The van der Waals surface area contributed by atoms with E-state index in [0.717, 1.165) is 23.9 Å². The Labute approximate surface area is 156 Å². The van der Waals surface area contributed by atoms with Gasteiger partial charge < -0.3 is 14.7 Å². The molecule has 0 atom stereocenters. The second-order valence-corrected chi connectivity index (χ2v) is 6.87. The van der Waals surface area contributed by atoms with Crippen molar-refractivity contribution in [3.05, 3.63) is 51.5 Å². The number of halogens is 1. The normalized spacial score (nSPS) is 11.5. The fourth-order valence-corrected chi connectivity index (χ4v) is 3.21. The predicted molar refractivity (Wildman–Crippen MR) is 101 cm³/mol. The smallest absolute Gasteiger partial charge is 0.357 e. The summed E-state index contributed by atoms with van der Waals surface area (Å²) < 4.78 is 4.25. The molecule has 0 aliphatic heterocycles. The van der Waals surface area contributed by atoms with Crippen molar-refractivity contribution in [3.63, 3.8) is 0 Å². The van der Waals surface area contributed by atoms with Gasteiger partial charge in [-0.1, -0.05) is 41.4 Å². The largest absolute Gasteiger partial charge is 0.358 e. The number of nitrogens with zero attached hydrogens (tertiary/aromatic N) is 6. The topological polar surface area (TPSA) is 91.2 Å². The van der Waals surface area contributed by atoms with Gasteiger partial charge in [-0.2, -0.15) is 14.4 Å². The van der Waals surface area contributed by atoms with Crippen LogP contribution in [0.1, 0.15) is 19.8 Å². The second kappa shape index (κ2) is 6.49. The number of benzene rings is 1. The third-order valence-electron chi connectivity index (χ3n) is 4.25. The Balaban J connectivity index is 1.97. The van der Waals surface area contributed by atoms with Gasteiger partial charge in [-0.25, -0.2) is 4.98 Å². The number of nitro groups is 1. The molecule has 1 aromatic carbocycles. The Morgan fingerprint density at radius 2 is 1.92 bits per heavy atom. The van der Waals surface area contributed by atoms with Crippen LogP contribution in [0.15, 0.2) is 41.4 Å². The molecule has 0 bridgehead atoms. The number of imidazole rings is 2. The number of aromatic nitrogens is 5. The van der Waals surface area contributed by atoms with E-state index in [0.29, 0.717) is 28.1 Å². The molecule has 3 aromatic heterocycles. The van der Waals surface area contributed by atoms with Crippen LogP contribution in [-0.4, -0.2) is 28.8 Å². The van der Waals surface area contributed by atoms with E-state index in [9.17, 15) is 10.1 Å². The molecule has 0 fully saturated rings. The standard InChI is InChI=1S/C17H15BrN6O2/c1-2-3-8-22-9-19-14-15(22)20-10-23-16(14)21-13(17(23)24(25)26)11-4-6-12(18)7-5-11/h4-7,9-10H,2-3,8H2,1H3. The highest BCUT2D eigenvalue weighted by atomic mass is 79.9. The van der Waals surface area contributed by atoms with Crippen molar-refractivity contribution >= 4 is 38.6 Å². The molecule has 0 unspecified atom stereocenters. The van der Waals surface area contributed by atoms with Crippen LogP contribution < -0.4 is 0 Å². The van der Waals surface area contributed by atoms with Gasteiger partial charge >= 0.3 is 5.82 Å². The molecule has 132 valence electrons. The summed E-state index contributed by atoms with van der Waals surface area (Å²) in [6, 6.07) is 7.25. The lowest BCUT2D eigenvalue weighted by molar-refractivity contribution is -0.389. The molecule has 4 aromatic rings. The maximum Gasteiger partial charge on any atom is 0.357 e. The summed E-state index contributed by atoms with van der Waals surface area (Å²) in [5.74, 6) is -0.111. The summed E-state index contributed by atoms with van der Waals surface area (Å²) >= 11 is 3.37. The quantitative estimate of drug-likeness (QED) is 0.360. The lowest BCUT2D eigenvalue weighted by Gasteiger charge is -2.01. The van der Waals surface area contributed by atoms with Crippen molar-refractivity contribution < 1.29 is 4.92 Å². The van der Waals surface area contributed by atoms with Crippen molar-refractivity contribution in [3.8, 4) is 11.3 Å². The van der Waals surface area contributed by atoms with E-state index in [1.807, 2.05) is 16.7 Å². The molecule has 0 saturated heterocycles. The average molecular weight is 415 g/mol. The van der Waals surface area contributed by atoms with Gasteiger partial charge in [0.25, 0.3) is 5.65 Å². The van der Waals surface area contributed by atoms with Crippen molar-refractivity contribution in [2.24, 2.45) is 0 Å². The fourth-order valence-electron chi connectivity index (χ4n) is 2.95. The summed E-state index contributed by atoms with van der Waals surface area (Å²) in [5, 5.41) is 11.7. The van der Waals surface area contributed by atoms with E-state index in [4.69, 9.17) is 0 Å². The molecule has 3 heterocycles. The maximum absolute atomic E-state index is 11.7. The third kappa shape index (κ3) is 2.64. The summed E-state index contributed by atoms with van der Waals surface area (Å²) in [7, 11) is 0. The van der Waals surface area contributed by atoms with Crippen LogP contribution in [0, 0.1) is 10.1 Å². The molecular formula is C17H15BrN6O2. The minimum Gasteiger partial charge on any atom is -0.358 e. The van der Waals surface area contributed by atoms with Crippen molar-refractivity contribution in [1.29, 1.82) is 0 Å². The Morgan fingerprint density at radius 3 is 2.62 bits per heavy atom. The summed E-state index contributed by atoms with van der Waals surface area (Å²) in [4.78, 5) is 24.6. The van der Waals surface area contributed by atoms with E-state index < -0.39 is 4.92 Å². The first-order valence-electron chi connectivity index (χ1n) is 8.22. The number of fused-ring (bicyclic) bond motifs is 3. The average Bonchev–Trinajstić information content (AvgIpc) is 3.21. The van der Waals surface area contributed by atoms with Crippen LogP contribution in [0.25, 0.3) is 28.1 Å². The maximum atomic E-state index is 11.7. The highest BCUT2D eigenvalue weighted by Crippen LogP contribution is 2.32. The van der Waals surface area contributed by atoms with Gasteiger partial charge in [0.05, 0.1) is 6.33 Å². The predicted octanol–water partition coefficient (Wildman–Crippen LogP) is 4.22. The number of rotatable bonds is 5. The third-order valence-corrected chi connectivity index (χ3v) is 4.78. The van der Waals surface area contributed by atoms with Gasteiger partial charge in [0.1, 0.15) is 0 Å². The van der Waals surface area contributed by atoms with Crippen LogP contribution in [-0.2, 0) is 6.54 Å². The van der Waals surface area contributed by atoms with Crippen molar-refractivity contribution in [2.75, 3.05) is 0 Å². The van der Waals surface area contributed by atoms with Crippen LogP contribution in [0.2, 0.25) is 0 Å². The first kappa shape index (κ1) is 16.6. The number of hydrogen-bond acceptors (Lipinski definition) is 5. The fraction of sp³-hybridized carbons (Fsp3) is 0.235. The molecule has 0 radical (unpaired) electrons. The Hall–Kier alpha value is -2.81. The van der Waals surface area contributed by atoms with Gasteiger partial charge in [0.2, 0.25) is 0 Å². The van der Waals surface area contributed by atoms with Gasteiger partial charge in [-0.05, 0) is 23.5 Å². The summed E-state index contributed by atoms with van der Waals surface area (Å²) in [6.07, 6.45) is 5.24. The second-order valence-electron chi connectivity index (χ2n) is 5.95. The molecule has 0 saturated carbocycles. The lowest BCUT2D eigenvalue weighted by atomic mass is 10.1. The molecule has 8 nitrogen and oxygen atoms in total. The molecular weight excluding hydrogens is 400 g/mol. The Bertz CT molecular complexity index is 1120. The zero-order chi connectivity index (χ0) is 18.3. The minimum absolute atomic E-state index is 0.111. The van der Waals surface area contributed by atoms with Crippen molar-refractivity contribution in [1.82, 2.24) is 23.9 Å². The van der Waals surface area contributed by atoms with E-state index in [1.54, 1.807) is 18.5 Å². The number of hydrogen-bond donors (Lipinski definition) is 0. The zero-order valence-electron chi connectivity index (χ0n) is 14.0. The van der Waals surface area contributed by atoms with Crippen LogP contribution >= 0.6 is 15.9 Å². The number of unbranched alkanes of at least 4 members (excludes halogenated alkanes) is 1. The van der Waals surface area contributed by atoms with Gasteiger partial charge in [0.15, 0.2) is 23.2 Å². The first-order valence-corrected chi connectivity index (χ1v) is 9.01. The molecule has 0 amide bonds. The molecule has 4 rings (SSSR count). The first-order chi connectivity index (χ1) is 12.6. The molecule has 0 spiro atoms. The number of aryl methyl sites for hydroxylation is 1. The molecule has 26 heavy (non-hydrogen) atoms. The van der Waals surface area contributed by atoms with Crippen LogP contribution in [0.3, 0.4) is 0 Å². The Morgan fingerprint density at radius 1 is 1.15 bits per heavy atom. The van der Waals surface area contributed by atoms with E-state index in [1.165, 1.54) is 10.7 Å². The van der Waals surface area contributed by atoms with E-state index >= 15 is 0 Å². The SMILES string of the molecule is CCCCn1cnc2c1ncn1c([N+](=O)[O-])c(-c3ccc(Br)cc3)nc21. The molecule has 0 aliphatic rings. The highest BCUT2D eigenvalue weighted by Gasteiger charge is 2.27. The van der Waals surface area contributed by atoms with Crippen molar-refractivity contribution in [2.45, 2.75) is 26.3 Å². The van der Waals surface area contributed by atoms with E-state index in [-0.39, 0.29) is 5.82 Å². The highest BCUT2D eigenvalue weighted by molar-refractivity contribution is 9.10. The zero-order valence-corrected chi connectivity index (χ0v) is 15.5. The monoisotopic (exact) mass is 414 g/mol. The summed E-state index contributed by atoms with van der Waals surface area (Å²) in [6.45, 7) is 2.92. The molecule has 0 aliphatic carbocycles. The van der Waals surface area contributed by atoms with Crippen LogP contribution in [0.5, 0.6) is 0 Å². The molecule has 0 N–H and O–H groups in total. The van der Waals surface area contributed by atoms with Crippen LogP contribution in [0.4, 0.5) is 5.82 Å². The van der Waals surface area contributed by atoms with Gasteiger partial charge in [-0.3, -0.25) is 0 Å². The Kier molecular flexibility index (Phi) is 4.15. The van der Waals surface area contributed by atoms with E-state index in [2.05, 4.69) is 37.8 Å².